The summed E-state index contributed by atoms with van der Waals surface area (Å²) in [6.07, 6.45) is 2.13. The van der Waals surface area contributed by atoms with Gasteiger partial charge in [0.25, 0.3) is 0 Å². The second-order valence-corrected chi connectivity index (χ2v) is 3.86. The van der Waals surface area contributed by atoms with Crippen LogP contribution in [0.2, 0.25) is 0 Å². The van der Waals surface area contributed by atoms with Crippen LogP contribution < -0.4 is 0 Å². The van der Waals surface area contributed by atoms with E-state index in [-0.39, 0.29) is 0 Å². The monoisotopic (exact) mass is 187 g/mol. The lowest BCUT2D eigenvalue weighted by molar-refractivity contribution is 0.0352. The predicted octanol–water partition coefficient (Wildman–Crippen LogP) is 0.727. The van der Waals surface area contributed by atoms with Crippen molar-refractivity contribution in [1.82, 2.24) is 4.90 Å². The molecule has 0 amide bonds. The second kappa shape index (κ2) is 6.35. The minimum absolute atomic E-state index is 0.324. The molecule has 1 fully saturated rings. The van der Waals surface area contributed by atoms with Crippen molar-refractivity contribution in [2.45, 2.75) is 19.8 Å². The summed E-state index contributed by atoms with van der Waals surface area (Å²) in [6.45, 7) is 7.60. The van der Waals surface area contributed by atoms with Gasteiger partial charge in [0.15, 0.2) is 0 Å². The summed E-state index contributed by atoms with van der Waals surface area (Å²) >= 11 is 0. The van der Waals surface area contributed by atoms with Crippen LogP contribution in [0.3, 0.4) is 0 Å². The first-order valence-corrected chi connectivity index (χ1v) is 5.24. The molecule has 78 valence electrons. The molecule has 0 aromatic carbocycles. The molecule has 1 atom stereocenters. The van der Waals surface area contributed by atoms with Gasteiger partial charge in [0.05, 0.1) is 13.2 Å². The van der Waals surface area contributed by atoms with Crippen molar-refractivity contribution in [2.75, 3.05) is 39.5 Å². The Bertz CT molecular complexity index is 124. The molecule has 1 heterocycles. The molecule has 0 spiro atoms. The van der Waals surface area contributed by atoms with E-state index in [4.69, 9.17) is 9.84 Å². The molecule has 3 nitrogen and oxygen atoms in total. The molecule has 0 aliphatic carbocycles. The predicted molar refractivity (Wildman–Crippen MR) is 52.7 cm³/mol. The van der Waals surface area contributed by atoms with Crippen LogP contribution >= 0.6 is 0 Å². The number of aliphatic hydroxyl groups is 1. The summed E-state index contributed by atoms with van der Waals surface area (Å²) in [5, 5.41) is 8.74. The molecule has 1 unspecified atom stereocenters. The van der Waals surface area contributed by atoms with Gasteiger partial charge in [-0.15, -0.1) is 0 Å². The summed E-state index contributed by atoms with van der Waals surface area (Å²) in [5.74, 6) is 0.646. The third kappa shape index (κ3) is 4.60. The van der Waals surface area contributed by atoms with Gasteiger partial charge < -0.3 is 9.84 Å². The third-order valence-electron chi connectivity index (χ3n) is 2.66. The smallest absolute Gasteiger partial charge is 0.0594 e. The van der Waals surface area contributed by atoms with Crippen molar-refractivity contribution in [2.24, 2.45) is 5.92 Å². The molecule has 3 heteroatoms. The van der Waals surface area contributed by atoms with Crippen molar-refractivity contribution >= 4 is 0 Å². The first-order valence-electron chi connectivity index (χ1n) is 5.24. The zero-order valence-corrected chi connectivity index (χ0v) is 8.54. The zero-order chi connectivity index (χ0) is 9.52. The van der Waals surface area contributed by atoms with Gasteiger partial charge in [-0.1, -0.05) is 6.92 Å². The van der Waals surface area contributed by atoms with Gasteiger partial charge in [-0.2, -0.15) is 0 Å². The van der Waals surface area contributed by atoms with Crippen LogP contribution in [0.4, 0.5) is 0 Å². The highest BCUT2D eigenvalue weighted by molar-refractivity contribution is 4.63. The molecule has 13 heavy (non-hydrogen) atoms. The van der Waals surface area contributed by atoms with E-state index in [1.54, 1.807) is 0 Å². The fourth-order valence-electron chi connectivity index (χ4n) is 1.59. The van der Waals surface area contributed by atoms with Crippen molar-refractivity contribution in [3.8, 4) is 0 Å². The summed E-state index contributed by atoms with van der Waals surface area (Å²) in [7, 11) is 0. The Labute approximate surface area is 80.7 Å². The molecule has 0 aromatic rings. The van der Waals surface area contributed by atoms with Gasteiger partial charge in [0, 0.05) is 19.7 Å². The average molecular weight is 187 g/mol. The fraction of sp³-hybridized carbons (Fsp3) is 1.00. The molecule has 0 bridgehead atoms. The first kappa shape index (κ1) is 11.0. The molecule has 0 saturated carbocycles. The number of ether oxygens (including phenoxy) is 1. The maximum Gasteiger partial charge on any atom is 0.0594 e. The number of hydrogen-bond acceptors (Lipinski definition) is 3. The Kier molecular flexibility index (Phi) is 5.35. The number of morpholine rings is 1. The summed E-state index contributed by atoms with van der Waals surface area (Å²) in [4.78, 5) is 2.44. The van der Waals surface area contributed by atoms with Crippen molar-refractivity contribution < 1.29 is 9.84 Å². The Balaban J connectivity index is 2.03. The number of aliphatic hydroxyl groups excluding tert-OH is 1. The molecule has 1 saturated heterocycles. The van der Waals surface area contributed by atoms with E-state index in [0.29, 0.717) is 12.5 Å². The third-order valence-corrected chi connectivity index (χ3v) is 2.66. The van der Waals surface area contributed by atoms with Crippen LogP contribution in [-0.2, 0) is 4.74 Å². The largest absolute Gasteiger partial charge is 0.396 e. The number of hydrogen-bond donors (Lipinski definition) is 1. The molecular weight excluding hydrogens is 166 g/mol. The molecular formula is C10H21NO2. The van der Waals surface area contributed by atoms with Crippen LogP contribution in [0, 0.1) is 5.92 Å². The SMILES string of the molecule is CC(CCO)CCN1CCOCC1. The Morgan fingerprint density at radius 2 is 2.00 bits per heavy atom. The fourth-order valence-corrected chi connectivity index (χ4v) is 1.59. The highest BCUT2D eigenvalue weighted by Gasteiger charge is 2.11. The Morgan fingerprint density at radius 1 is 1.31 bits per heavy atom. The van der Waals surface area contributed by atoms with E-state index in [1.807, 2.05) is 0 Å². The Morgan fingerprint density at radius 3 is 2.62 bits per heavy atom. The molecule has 1 aliphatic rings. The molecule has 0 radical (unpaired) electrons. The van der Waals surface area contributed by atoms with Gasteiger partial charge in [0.2, 0.25) is 0 Å². The zero-order valence-electron chi connectivity index (χ0n) is 8.54. The van der Waals surface area contributed by atoms with E-state index < -0.39 is 0 Å². The topological polar surface area (TPSA) is 32.7 Å². The minimum Gasteiger partial charge on any atom is -0.396 e. The molecule has 0 aromatic heterocycles. The number of rotatable bonds is 5. The van der Waals surface area contributed by atoms with E-state index in [2.05, 4.69) is 11.8 Å². The molecule has 1 aliphatic heterocycles. The van der Waals surface area contributed by atoms with Crippen molar-refractivity contribution in [3.63, 3.8) is 0 Å². The summed E-state index contributed by atoms with van der Waals surface area (Å²) < 4.78 is 5.27. The van der Waals surface area contributed by atoms with Crippen LogP contribution in [0.15, 0.2) is 0 Å². The minimum atomic E-state index is 0.324. The lowest BCUT2D eigenvalue weighted by Gasteiger charge is -2.27. The van der Waals surface area contributed by atoms with Crippen LogP contribution in [-0.4, -0.2) is 49.5 Å². The average Bonchev–Trinajstić information content (AvgIpc) is 2.17. The van der Waals surface area contributed by atoms with Crippen LogP contribution in [0.25, 0.3) is 0 Å². The van der Waals surface area contributed by atoms with E-state index in [1.165, 1.54) is 6.42 Å². The lowest BCUT2D eigenvalue weighted by atomic mass is 10.0. The van der Waals surface area contributed by atoms with Crippen molar-refractivity contribution in [3.05, 3.63) is 0 Å². The normalized spacial score (nSPS) is 21.7. The summed E-state index contributed by atoms with van der Waals surface area (Å²) in [6, 6.07) is 0. The van der Waals surface area contributed by atoms with E-state index in [0.717, 1.165) is 39.3 Å². The van der Waals surface area contributed by atoms with Gasteiger partial charge in [-0.05, 0) is 25.3 Å². The standard InChI is InChI=1S/C10H21NO2/c1-10(3-7-12)2-4-11-5-8-13-9-6-11/h10,12H,2-9H2,1H3. The quantitative estimate of drug-likeness (QED) is 0.688. The highest BCUT2D eigenvalue weighted by atomic mass is 16.5. The maximum atomic E-state index is 8.74. The van der Waals surface area contributed by atoms with Gasteiger partial charge in [-0.3, -0.25) is 4.90 Å². The second-order valence-electron chi connectivity index (χ2n) is 3.86. The molecule has 1 rings (SSSR count). The van der Waals surface area contributed by atoms with Gasteiger partial charge in [0.1, 0.15) is 0 Å². The van der Waals surface area contributed by atoms with Crippen LogP contribution in [0.5, 0.6) is 0 Å². The van der Waals surface area contributed by atoms with E-state index >= 15 is 0 Å². The number of nitrogens with zero attached hydrogens (tertiary/aromatic N) is 1. The molecule has 1 N–H and O–H groups in total. The summed E-state index contributed by atoms with van der Waals surface area (Å²) in [5.41, 5.74) is 0. The lowest BCUT2D eigenvalue weighted by Crippen LogP contribution is -2.37. The first-order chi connectivity index (χ1) is 6.33. The van der Waals surface area contributed by atoms with Gasteiger partial charge >= 0.3 is 0 Å². The van der Waals surface area contributed by atoms with Crippen LogP contribution in [0.1, 0.15) is 19.8 Å². The maximum absolute atomic E-state index is 8.74. The highest BCUT2D eigenvalue weighted by Crippen LogP contribution is 2.08. The van der Waals surface area contributed by atoms with Crippen molar-refractivity contribution in [1.29, 1.82) is 0 Å². The van der Waals surface area contributed by atoms with Gasteiger partial charge in [-0.25, -0.2) is 0 Å². The Hall–Kier alpha value is -0.120. The van der Waals surface area contributed by atoms with E-state index in [9.17, 15) is 0 Å².